The van der Waals surface area contributed by atoms with E-state index < -0.39 is 0 Å². The van der Waals surface area contributed by atoms with Crippen molar-refractivity contribution in [2.75, 3.05) is 0 Å². The number of nitriles is 2. The molecule has 0 atom stereocenters. The molecule has 0 spiro atoms. The summed E-state index contributed by atoms with van der Waals surface area (Å²) in [4.78, 5) is 18.8. The first-order valence-electron chi connectivity index (χ1n) is 10.6. The fourth-order valence-electron chi connectivity index (χ4n) is 4.10. The van der Waals surface area contributed by atoms with Crippen LogP contribution in [0.1, 0.15) is 16.7 Å². The summed E-state index contributed by atoms with van der Waals surface area (Å²) in [7, 11) is 0. The maximum Gasteiger partial charge on any atom is 0.101 e. The van der Waals surface area contributed by atoms with Crippen molar-refractivity contribution < 1.29 is 0 Å². The highest BCUT2D eigenvalue weighted by Crippen LogP contribution is 2.33. The molecule has 5 heterocycles. The smallest absolute Gasteiger partial charge is 0.101 e. The van der Waals surface area contributed by atoms with Gasteiger partial charge < -0.3 is 0 Å². The van der Waals surface area contributed by atoms with Crippen LogP contribution in [0.25, 0.3) is 5.57 Å². The second kappa shape index (κ2) is 7.74. The van der Waals surface area contributed by atoms with Gasteiger partial charge in [-0.15, -0.1) is 0 Å². The lowest BCUT2D eigenvalue weighted by atomic mass is 9.94. The molecule has 0 unspecified atom stereocenters. The fourth-order valence-corrected chi connectivity index (χ4v) is 4.10. The third-order valence-electron chi connectivity index (χ3n) is 5.63. The Kier molecular flexibility index (Phi) is 4.43. The Morgan fingerprint density at radius 1 is 0.559 bits per heavy atom. The van der Waals surface area contributed by atoms with E-state index in [1.165, 1.54) is 0 Å². The second-order valence-corrected chi connectivity index (χ2v) is 7.89. The molecule has 0 N–H and O–H groups in total. The molecular formula is C28H14N6. The van der Waals surface area contributed by atoms with Gasteiger partial charge in [0.25, 0.3) is 0 Å². The van der Waals surface area contributed by atoms with Crippen molar-refractivity contribution >= 4 is 28.4 Å². The summed E-state index contributed by atoms with van der Waals surface area (Å²) >= 11 is 0. The number of nitrogens with zero attached hydrogens (tertiary/aromatic N) is 6. The van der Waals surface area contributed by atoms with E-state index in [-0.39, 0.29) is 0 Å². The first kappa shape index (κ1) is 19.5. The van der Waals surface area contributed by atoms with Crippen LogP contribution < -0.4 is 0 Å². The van der Waals surface area contributed by atoms with Gasteiger partial charge >= 0.3 is 0 Å². The summed E-state index contributed by atoms with van der Waals surface area (Å²) in [5.41, 5.74) is 8.23. The Bertz CT molecular complexity index is 1640. The minimum atomic E-state index is 0.329. The lowest BCUT2D eigenvalue weighted by Gasteiger charge is -2.07. The summed E-state index contributed by atoms with van der Waals surface area (Å²) in [5, 5.41) is 19.3. The first-order valence-corrected chi connectivity index (χ1v) is 10.6. The number of hydrogen-bond donors (Lipinski definition) is 0. The molecule has 0 radical (unpaired) electrons. The molecule has 1 aromatic carbocycles. The van der Waals surface area contributed by atoms with Gasteiger partial charge in [0.05, 0.1) is 56.8 Å². The standard InChI is InChI=1S/C28H14N6/c29-15-17-2-1-3-25(27(17)16-30)26-13-24-12-22-7-6-20(32-22)10-18-4-5-19(31-18)11-21-8-9-23(33-21)14-28(26)34-24/h1-14H. The van der Waals surface area contributed by atoms with Crippen LogP contribution in [-0.2, 0) is 0 Å². The van der Waals surface area contributed by atoms with Crippen molar-refractivity contribution in [3.05, 3.63) is 125 Å². The number of hydrogen-bond acceptors (Lipinski definition) is 6. The highest BCUT2D eigenvalue weighted by Gasteiger charge is 2.21. The van der Waals surface area contributed by atoms with Gasteiger partial charge in [-0.1, -0.05) is 12.1 Å². The molecule has 5 aliphatic rings. The molecule has 34 heavy (non-hydrogen) atoms. The number of rotatable bonds is 1. The van der Waals surface area contributed by atoms with Crippen LogP contribution in [0.15, 0.2) is 128 Å². The maximum atomic E-state index is 9.78. The SMILES string of the molecule is N#Cc1cccc(C2=CC3=NC2=CC2=NC(=CC4=NC(=CC5=NC(=C3)C=C5)C=C4)C=C2)c1C#N. The van der Waals surface area contributed by atoms with Crippen LogP contribution >= 0.6 is 0 Å². The van der Waals surface area contributed by atoms with Crippen LogP contribution in [0, 0.1) is 22.7 Å². The van der Waals surface area contributed by atoms with E-state index in [9.17, 15) is 10.5 Å². The van der Waals surface area contributed by atoms with E-state index in [4.69, 9.17) is 4.99 Å². The van der Waals surface area contributed by atoms with E-state index >= 15 is 0 Å². The predicted octanol–water partition coefficient (Wildman–Crippen LogP) is 4.85. The summed E-state index contributed by atoms with van der Waals surface area (Å²) in [5.74, 6) is 0. The highest BCUT2D eigenvalue weighted by molar-refractivity contribution is 6.19. The normalized spacial score (nSPS) is 19.2. The molecule has 5 aliphatic heterocycles. The zero-order valence-corrected chi connectivity index (χ0v) is 17.8. The number of aliphatic imine (C=N–C) groups is 4. The van der Waals surface area contributed by atoms with Crippen molar-refractivity contribution in [2.45, 2.75) is 0 Å². The van der Waals surface area contributed by atoms with Gasteiger partial charge in [0.2, 0.25) is 0 Å². The molecule has 0 amide bonds. The van der Waals surface area contributed by atoms with Crippen LogP contribution in [-0.4, -0.2) is 22.8 Å². The molecule has 8 bridgehead atoms. The molecule has 0 aliphatic carbocycles. The second-order valence-electron chi connectivity index (χ2n) is 7.89. The average molecular weight is 434 g/mol. The van der Waals surface area contributed by atoms with Crippen molar-refractivity contribution in [1.29, 1.82) is 10.5 Å². The third-order valence-corrected chi connectivity index (χ3v) is 5.63. The molecule has 0 saturated heterocycles. The maximum absolute atomic E-state index is 9.78. The highest BCUT2D eigenvalue weighted by atomic mass is 14.8. The van der Waals surface area contributed by atoms with Gasteiger partial charge in [-0.2, -0.15) is 10.5 Å². The van der Waals surface area contributed by atoms with E-state index in [1.54, 1.807) is 12.1 Å². The summed E-state index contributed by atoms with van der Waals surface area (Å²) in [6, 6.07) is 9.55. The third kappa shape index (κ3) is 3.46. The molecule has 6 rings (SSSR count). The molecular weight excluding hydrogens is 420 g/mol. The Balaban J connectivity index is 1.54. The fraction of sp³-hybridized carbons (Fsp3) is 0. The predicted molar refractivity (Wildman–Crippen MR) is 133 cm³/mol. The molecule has 6 heteroatoms. The Morgan fingerprint density at radius 3 is 1.74 bits per heavy atom. The average Bonchev–Trinajstić information content (AvgIpc) is 3.63. The number of allylic oxidation sites excluding steroid dienone is 12. The van der Waals surface area contributed by atoms with Crippen molar-refractivity contribution in [3.8, 4) is 12.1 Å². The minimum absolute atomic E-state index is 0.329. The van der Waals surface area contributed by atoms with Gasteiger partial charge in [-0.25, -0.2) is 20.0 Å². The Morgan fingerprint density at radius 2 is 1.15 bits per heavy atom. The van der Waals surface area contributed by atoms with Crippen molar-refractivity contribution in [2.24, 2.45) is 20.0 Å². The summed E-state index contributed by atoms with van der Waals surface area (Å²) < 4.78 is 0. The molecule has 0 saturated carbocycles. The topological polar surface area (TPSA) is 97.0 Å². The van der Waals surface area contributed by atoms with E-state index in [0.29, 0.717) is 28.1 Å². The number of fused-ring (bicyclic) bond motifs is 4. The molecule has 156 valence electrons. The summed E-state index contributed by atoms with van der Waals surface area (Å²) in [6.45, 7) is 0. The van der Waals surface area contributed by atoms with Gasteiger partial charge in [0.1, 0.15) is 12.1 Å². The summed E-state index contributed by atoms with van der Waals surface area (Å²) in [6.07, 6.45) is 21.2. The molecule has 0 fully saturated rings. The van der Waals surface area contributed by atoms with Gasteiger partial charge in [0, 0.05) is 11.1 Å². The quantitative estimate of drug-likeness (QED) is 0.631. The zero-order valence-electron chi connectivity index (χ0n) is 17.8. The van der Waals surface area contributed by atoms with Crippen LogP contribution in [0.3, 0.4) is 0 Å². The van der Waals surface area contributed by atoms with Gasteiger partial charge in [0.15, 0.2) is 0 Å². The first-order chi connectivity index (χ1) is 16.7. The molecule has 0 aromatic heterocycles. The lowest BCUT2D eigenvalue weighted by molar-refractivity contribution is 1.38. The van der Waals surface area contributed by atoms with Gasteiger partial charge in [-0.05, 0) is 72.9 Å². The Hall–Kier alpha value is -5.20. The van der Waals surface area contributed by atoms with Crippen molar-refractivity contribution in [3.63, 3.8) is 0 Å². The van der Waals surface area contributed by atoms with Crippen LogP contribution in [0.5, 0.6) is 0 Å². The number of benzene rings is 1. The van der Waals surface area contributed by atoms with Crippen LogP contribution in [0.2, 0.25) is 0 Å². The largest absolute Gasteiger partial charge is 0.249 e. The lowest BCUT2D eigenvalue weighted by Crippen LogP contribution is -1.95. The molecule has 6 nitrogen and oxygen atoms in total. The Labute approximate surface area is 195 Å². The molecule has 1 aromatic rings. The minimum Gasteiger partial charge on any atom is -0.249 e. The van der Waals surface area contributed by atoms with Gasteiger partial charge in [-0.3, -0.25) is 0 Å². The monoisotopic (exact) mass is 434 g/mol. The van der Waals surface area contributed by atoms with Crippen molar-refractivity contribution in [1.82, 2.24) is 0 Å². The van der Waals surface area contributed by atoms with E-state index in [1.807, 2.05) is 72.9 Å². The zero-order chi connectivity index (χ0) is 23.1. The van der Waals surface area contributed by atoms with E-state index in [2.05, 4.69) is 27.1 Å². The van der Waals surface area contributed by atoms with Crippen LogP contribution in [0.4, 0.5) is 0 Å². The van der Waals surface area contributed by atoms with E-state index in [0.717, 1.165) is 39.8 Å².